The first-order valence-corrected chi connectivity index (χ1v) is 26.1. The predicted octanol–water partition coefficient (Wildman–Crippen LogP) is 5.02. The van der Waals surface area contributed by atoms with E-state index in [9.17, 15) is 65.1 Å². The molecule has 3 heterocycles. The van der Waals surface area contributed by atoms with Gasteiger partial charge in [-0.1, -0.05) is 98.9 Å². The highest BCUT2D eigenvalue weighted by Gasteiger charge is 2.50. The van der Waals surface area contributed by atoms with Crippen molar-refractivity contribution in [2.75, 3.05) is 12.3 Å². The number of ketones is 2. The second kappa shape index (κ2) is 32.6. The highest BCUT2D eigenvalue weighted by Crippen LogP contribution is 2.38. The van der Waals surface area contributed by atoms with E-state index in [4.69, 9.17) is 24.7 Å². The van der Waals surface area contributed by atoms with E-state index in [0.717, 1.165) is 0 Å². The Balaban J connectivity index is 1.49. The van der Waals surface area contributed by atoms with Gasteiger partial charge in [-0.15, -0.1) is 0 Å². The van der Waals surface area contributed by atoms with Crippen LogP contribution >= 0.6 is 0 Å². The third-order valence-corrected chi connectivity index (χ3v) is 13.4. The van der Waals surface area contributed by atoms with Gasteiger partial charge in [-0.25, -0.2) is 0 Å². The second-order valence-electron chi connectivity index (χ2n) is 20.2. The zero-order chi connectivity index (χ0) is 54.9. The fourth-order valence-electron chi connectivity index (χ4n) is 9.50. The van der Waals surface area contributed by atoms with E-state index in [1.807, 2.05) is 62.5 Å². The molecule has 15 unspecified atom stereocenters. The van der Waals surface area contributed by atoms with Gasteiger partial charge in [0, 0.05) is 55.7 Å². The zero-order valence-corrected chi connectivity index (χ0v) is 43.2. The molecule has 3 aliphatic rings. The number of rotatable bonds is 10. The molecule has 0 aromatic heterocycles. The number of carbonyl (C=O) groups excluding carboxylic acids is 3. The average molecular weight is 1050 g/mol. The van der Waals surface area contributed by atoms with Gasteiger partial charge in [0.25, 0.3) is 0 Å². The van der Waals surface area contributed by atoms with Crippen molar-refractivity contribution in [3.63, 3.8) is 0 Å². The summed E-state index contributed by atoms with van der Waals surface area (Å²) in [4.78, 5) is 51.4. The summed E-state index contributed by atoms with van der Waals surface area (Å²) in [5.74, 6) is -7.04. The van der Waals surface area contributed by atoms with Gasteiger partial charge in [0.1, 0.15) is 24.2 Å². The number of aliphatic carboxylic acids is 1. The van der Waals surface area contributed by atoms with Gasteiger partial charge >= 0.3 is 11.9 Å². The first kappa shape index (κ1) is 62.6. The van der Waals surface area contributed by atoms with Crippen LogP contribution in [0.5, 0.6) is 0 Å². The predicted molar refractivity (Wildman–Crippen MR) is 279 cm³/mol. The Morgan fingerprint density at radius 3 is 1.93 bits per heavy atom. The Morgan fingerprint density at radius 2 is 1.33 bits per heavy atom. The molecule has 1 aromatic carbocycles. The van der Waals surface area contributed by atoms with Crippen molar-refractivity contribution in [3.05, 3.63) is 115 Å². The standard InChI is InChI=1S/C57H81NO17/c1-37-16-13-11-9-7-5-3-4-6-8-10-12-14-19-48(73-53-27-26-44(62)36-72-53)33-51-54(56(69)70)50(67)35-57(71,75-51)34-47(65)30-46(64)29-45(63)28-41(59)17-15-18-42(60)32-52(68)74-55(37)38(2)20-25-43(61)31-49(66)39-21-23-40(58)24-22-39/h3-14,16,19,21-24,37-38,41,43-48,50-51,53-55,59,61-65,67,71H,15,17-18,20,25-36,58H2,1-2H3,(H,69,70)/b4-3+,7-5+,8-6+,11-9+,12-10+,16-13+,19-14+. The number of aliphatic hydroxyl groups excluding tert-OH is 7. The highest BCUT2D eigenvalue weighted by atomic mass is 16.7. The molecule has 4 rings (SSSR count). The van der Waals surface area contributed by atoms with Crippen LogP contribution < -0.4 is 5.73 Å². The number of Topliss-reactive ketones (excluding diaryl/α,β-unsaturated/α-hetero) is 2. The lowest BCUT2D eigenvalue weighted by molar-refractivity contribution is -0.303. The van der Waals surface area contributed by atoms with Gasteiger partial charge < -0.3 is 70.6 Å². The lowest BCUT2D eigenvalue weighted by Crippen LogP contribution is -2.56. The van der Waals surface area contributed by atoms with Crippen molar-refractivity contribution in [2.45, 2.75) is 183 Å². The van der Waals surface area contributed by atoms with Gasteiger partial charge in [0.2, 0.25) is 0 Å². The van der Waals surface area contributed by atoms with Crippen LogP contribution in [0.2, 0.25) is 0 Å². The molecule has 1 aromatic rings. The first-order chi connectivity index (χ1) is 35.7. The minimum Gasteiger partial charge on any atom is -0.481 e. The van der Waals surface area contributed by atoms with E-state index in [1.54, 1.807) is 60.7 Å². The molecule has 2 saturated heterocycles. The number of aliphatic hydroxyl groups is 8. The van der Waals surface area contributed by atoms with Gasteiger partial charge in [-0.3, -0.25) is 19.2 Å². The quantitative estimate of drug-likeness (QED) is 0.0637. The number of benzene rings is 1. The number of cyclic esters (lactones) is 1. The number of esters is 1. The van der Waals surface area contributed by atoms with Crippen molar-refractivity contribution in [1.29, 1.82) is 0 Å². The number of nitrogen functional groups attached to an aromatic ring is 1. The molecule has 2 fully saturated rings. The number of allylic oxidation sites excluding steroid dienone is 12. The SMILES string of the molecule is CC1/C=C/C=C/C=C/C=C/C=C/C=C/C=C/C(OC2CCC(O)CO2)CC2OC(O)(CC(O)CC(O)CC(O)CC(O)CCCC(=O)CC(=O)OC1C(C)CCC(O)CC(=O)c1ccc(N)cc1)CC(O)C2C(=O)O. The fraction of sp³-hybridized carbons (Fsp3) is 0.579. The highest BCUT2D eigenvalue weighted by molar-refractivity contribution is 5.96. The number of nitrogens with two attached hydrogens (primary N) is 1. The summed E-state index contributed by atoms with van der Waals surface area (Å²) in [6.45, 7) is 3.79. The number of carboxylic acid groups (broad SMARTS) is 1. The lowest BCUT2D eigenvalue weighted by atomic mass is 9.82. The number of carbonyl (C=O) groups is 4. The summed E-state index contributed by atoms with van der Waals surface area (Å²) >= 11 is 0. The van der Waals surface area contributed by atoms with Gasteiger partial charge in [0.15, 0.2) is 17.9 Å². The van der Waals surface area contributed by atoms with Crippen LogP contribution in [0.1, 0.15) is 121 Å². The molecule has 75 heavy (non-hydrogen) atoms. The molecule has 0 radical (unpaired) electrons. The first-order valence-electron chi connectivity index (χ1n) is 26.1. The molecular weight excluding hydrogens is 971 g/mol. The van der Waals surface area contributed by atoms with Crippen molar-refractivity contribution < 1.29 is 84.1 Å². The van der Waals surface area contributed by atoms with Crippen LogP contribution in [-0.2, 0) is 33.3 Å². The van der Waals surface area contributed by atoms with E-state index in [2.05, 4.69) is 0 Å². The summed E-state index contributed by atoms with van der Waals surface area (Å²) in [6, 6.07) is 6.46. The third kappa shape index (κ3) is 23.9. The maximum absolute atomic E-state index is 13.2. The van der Waals surface area contributed by atoms with E-state index in [-0.39, 0.29) is 82.0 Å². The topological polar surface area (TPSA) is 313 Å². The minimum absolute atomic E-state index is 0.0372. The normalized spacial score (nSPS) is 35.8. The number of anilines is 1. The summed E-state index contributed by atoms with van der Waals surface area (Å²) in [7, 11) is 0. The number of carboxylic acids is 1. The molecule has 0 spiro atoms. The van der Waals surface area contributed by atoms with Gasteiger partial charge in [-0.05, 0) is 81.5 Å². The van der Waals surface area contributed by atoms with E-state index < -0.39 is 116 Å². The van der Waals surface area contributed by atoms with Crippen molar-refractivity contribution in [2.24, 2.45) is 17.8 Å². The Labute approximate surface area is 440 Å². The minimum atomic E-state index is -2.22. The van der Waals surface area contributed by atoms with Crippen LogP contribution in [-0.4, -0.2) is 149 Å². The number of hydrogen-bond acceptors (Lipinski definition) is 17. The number of ether oxygens (including phenoxy) is 4. The molecule has 416 valence electrons. The van der Waals surface area contributed by atoms with Crippen LogP contribution in [0.25, 0.3) is 0 Å². The smallest absolute Gasteiger partial charge is 0.313 e. The lowest BCUT2D eigenvalue weighted by Gasteiger charge is -2.44. The Kier molecular flexibility index (Phi) is 27.2. The fourth-order valence-corrected chi connectivity index (χ4v) is 9.50. The third-order valence-electron chi connectivity index (χ3n) is 13.4. The Morgan fingerprint density at radius 1 is 0.747 bits per heavy atom. The molecule has 0 saturated carbocycles. The monoisotopic (exact) mass is 1050 g/mol. The average Bonchev–Trinajstić information content (AvgIpc) is 3.32. The molecular formula is C57H81NO17. The zero-order valence-electron chi connectivity index (χ0n) is 43.2. The van der Waals surface area contributed by atoms with Crippen molar-refractivity contribution in [1.82, 2.24) is 0 Å². The van der Waals surface area contributed by atoms with Crippen LogP contribution in [0.4, 0.5) is 5.69 Å². The number of fused-ring (bicyclic) bond motifs is 2. The van der Waals surface area contributed by atoms with Crippen molar-refractivity contribution in [3.8, 4) is 0 Å². The van der Waals surface area contributed by atoms with Crippen LogP contribution in [0.15, 0.2) is 109 Å². The largest absolute Gasteiger partial charge is 0.481 e. The van der Waals surface area contributed by atoms with Gasteiger partial charge in [0.05, 0.1) is 61.5 Å². The molecule has 3 aliphatic heterocycles. The summed E-state index contributed by atoms with van der Waals surface area (Å²) in [6.07, 6.45) is 12.1. The molecule has 11 N–H and O–H groups in total. The molecule has 0 amide bonds. The summed E-state index contributed by atoms with van der Waals surface area (Å²) in [5, 5.41) is 96.7. The molecule has 2 bridgehead atoms. The maximum atomic E-state index is 13.2. The van der Waals surface area contributed by atoms with E-state index in [1.165, 1.54) is 0 Å². The van der Waals surface area contributed by atoms with Crippen LogP contribution in [0.3, 0.4) is 0 Å². The maximum Gasteiger partial charge on any atom is 0.313 e. The molecule has 15 atom stereocenters. The Bertz CT molecular complexity index is 2130. The van der Waals surface area contributed by atoms with Gasteiger partial charge in [-0.2, -0.15) is 0 Å². The van der Waals surface area contributed by atoms with E-state index in [0.29, 0.717) is 30.5 Å². The molecule has 18 heteroatoms. The summed E-state index contributed by atoms with van der Waals surface area (Å²) in [5.41, 5.74) is 6.70. The van der Waals surface area contributed by atoms with E-state index >= 15 is 0 Å². The van der Waals surface area contributed by atoms with Crippen molar-refractivity contribution >= 4 is 29.2 Å². The Hall–Kier alpha value is -4.96. The molecule has 18 nitrogen and oxygen atoms in total. The van der Waals surface area contributed by atoms with Crippen LogP contribution in [0, 0.1) is 17.8 Å². The number of hydrogen-bond donors (Lipinski definition) is 10. The molecule has 0 aliphatic carbocycles. The second-order valence-corrected chi connectivity index (χ2v) is 20.2. The summed E-state index contributed by atoms with van der Waals surface area (Å²) < 4.78 is 23.7.